The first-order chi connectivity index (χ1) is 8.17. The van der Waals surface area contributed by atoms with Gasteiger partial charge in [-0.2, -0.15) is 0 Å². The van der Waals surface area contributed by atoms with Gasteiger partial charge >= 0.3 is 0 Å². The highest BCUT2D eigenvalue weighted by Crippen LogP contribution is 2.24. The van der Waals surface area contributed by atoms with Crippen LogP contribution in [0.1, 0.15) is 36.4 Å². The zero-order chi connectivity index (χ0) is 12.3. The van der Waals surface area contributed by atoms with Crippen molar-refractivity contribution in [2.24, 2.45) is 5.73 Å². The van der Waals surface area contributed by atoms with Gasteiger partial charge in [-0.25, -0.2) is 0 Å². The monoisotopic (exact) mass is 255 g/mol. The molecule has 0 radical (unpaired) electrons. The highest BCUT2D eigenvalue weighted by molar-refractivity contribution is 7.11. The molecule has 0 spiro atoms. The predicted molar refractivity (Wildman–Crippen MR) is 70.0 cm³/mol. The van der Waals surface area contributed by atoms with Crippen molar-refractivity contribution in [2.75, 3.05) is 0 Å². The van der Waals surface area contributed by atoms with Crippen molar-refractivity contribution < 1.29 is 9.47 Å². The summed E-state index contributed by atoms with van der Waals surface area (Å²) in [4.78, 5) is 2.48. The fourth-order valence-electron chi connectivity index (χ4n) is 2.29. The molecule has 2 heterocycles. The molecule has 2 N–H and O–H groups in total. The topological polar surface area (TPSA) is 44.5 Å². The molecule has 1 aromatic rings. The molecule has 1 aliphatic rings. The van der Waals surface area contributed by atoms with Crippen LogP contribution in [0.5, 0.6) is 0 Å². The van der Waals surface area contributed by atoms with Crippen LogP contribution in [0.3, 0.4) is 0 Å². The molecule has 1 saturated heterocycles. The van der Waals surface area contributed by atoms with E-state index < -0.39 is 0 Å². The Balaban J connectivity index is 1.81. The van der Waals surface area contributed by atoms with E-state index >= 15 is 0 Å². The van der Waals surface area contributed by atoms with E-state index in [9.17, 15) is 0 Å². The lowest BCUT2D eigenvalue weighted by molar-refractivity contribution is -0.105. The largest absolute Gasteiger partial charge is 0.375 e. The van der Waals surface area contributed by atoms with E-state index in [1.165, 1.54) is 9.75 Å². The van der Waals surface area contributed by atoms with Gasteiger partial charge in [-0.1, -0.05) is 0 Å². The average Bonchev–Trinajstić information content (AvgIpc) is 2.73. The zero-order valence-corrected chi connectivity index (χ0v) is 11.3. The van der Waals surface area contributed by atoms with Gasteiger partial charge in [0.2, 0.25) is 0 Å². The lowest BCUT2D eigenvalue weighted by Crippen LogP contribution is -2.33. The quantitative estimate of drug-likeness (QED) is 0.899. The van der Waals surface area contributed by atoms with Gasteiger partial charge in [-0.15, -0.1) is 11.3 Å². The zero-order valence-electron chi connectivity index (χ0n) is 10.5. The van der Waals surface area contributed by atoms with E-state index in [0.29, 0.717) is 31.5 Å². The van der Waals surface area contributed by atoms with Crippen LogP contribution in [-0.2, 0) is 22.6 Å². The number of nitrogens with two attached hydrogens (primary N) is 1. The SMILES string of the molecule is CC1CC(OCc2ccc(CN)s2)CC(C)O1. The summed E-state index contributed by atoms with van der Waals surface area (Å²) in [5.74, 6) is 0. The number of rotatable bonds is 4. The van der Waals surface area contributed by atoms with Gasteiger partial charge in [0.05, 0.1) is 24.9 Å². The van der Waals surface area contributed by atoms with Crippen molar-refractivity contribution in [3.05, 3.63) is 21.9 Å². The van der Waals surface area contributed by atoms with Crippen molar-refractivity contribution in [1.29, 1.82) is 0 Å². The van der Waals surface area contributed by atoms with E-state index in [1.54, 1.807) is 11.3 Å². The third-order valence-corrected chi connectivity index (χ3v) is 4.12. The molecule has 96 valence electrons. The molecule has 2 rings (SSSR count). The van der Waals surface area contributed by atoms with Crippen LogP contribution in [0.2, 0.25) is 0 Å². The Morgan fingerprint density at radius 1 is 1.29 bits per heavy atom. The van der Waals surface area contributed by atoms with Crippen LogP contribution < -0.4 is 5.73 Å². The summed E-state index contributed by atoms with van der Waals surface area (Å²) < 4.78 is 11.7. The smallest absolute Gasteiger partial charge is 0.0813 e. The summed E-state index contributed by atoms with van der Waals surface area (Å²) in [6.07, 6.45) is 2.95. The average molecular weight is 255 g/mol. The minimum Gasteiger partial charge on any atom is -0.375 e. The fraction of sp³-hybridized carbons (Fsp3) is 0.692. The molecule has 3 nitrogen and oxygen atoms in total. The summed E-state index contributed by atoms with van der Waals surface area (Å²) in [6, 6.07) is 4.19. The van der Waals surface area contributed by atoms with E-state index in [4.69, 9.17) is 15.2 Å². The maximum atomic E-state index is 5.96. The Hall–Kier alpha value is -0.420. The molecule has 4 heteroatoms. The summed E-state index contributed by atoms with van der Waals surface area (Å²) in [5, 5.41) is 0. The summed E-state index contributed by atoms with van der Waals surface area (Å²) in [6.45, 7) is 5.55. The van der Waals surface area contributed by atoms with Crippen molar-refractivity contribution in [2.45, 2.75) is 58.2 Å². The number of hydrogen-bond donors (Lipinski definition) is 1. The van der Waals surface area contributed by atoms with Gasteiger partial charge in [0, 0.05) is 16.3 Å². The van der Waals surface area contributed by atoms with Crippen molar-refractivity contribution >= 4 is 11.3 Å². The Morgan fingerprint density at radius 2 is 1.94 bits per heavy atom. The number of hydrogen-bond acceptors (Lipinski definition) is 4. The third kappa shape index (κ3) is 3.78. The molecule has 2 atom stereocenters. The van der Waals surface area contributed by atoms with Crippen molar-refractivity contribution in [1.82, 2.24) is 0 Å². The maximum absolute atomic E-state index is 5.96. The van der Waals surface area contributed by atoms with Gasteiger partial charge in [0.1, 0.15) is 0 Å². The second kappa shape index (κ2) is 5.96. The molecule has 0 amide bonds. The Bertz CT molecular complexity index is 343. The summed E-state index contributed by atoms with van der Waals surface area (Å²) in [5.41, 5.74) is 5.59. The van der Waals surface area contributed by atoms with Crippen LogP contribution in [0.15, 0.2) is 12.1 Å². The van der Waals surface area contributed by atoms with Crippen molar-refractivity contribution in [3.8, 4) is 0 Å². The molecular weight excluding hydrogens is 234 g/mol. The maximum Gasteiger partial charge on any atom is 0.0813 e. The van der Waals surface area contributed by atoms with E-state index in [2.05, 4.69) is 26.0 Å². The molecule has 0 aromatic carbocycles. The molecular formula is C13H21NO2S. The molecule has 0 bridgehead atoms. The van der Waals surface area contributed by atoms with Gasteiger partial charge in [0.15, 0.2) is 0 Å². The number of thiophene rings is 1. The molecule has 2 unspecified atom stereocenters. The Morgan fingerprint density at radius 3 is 2.53 bits per heavy atom. The van der Waals surface area contributed by atoms with Gasteiger partial charge in [-0.05, 0) is 38.8 Å². The summed E-state index contributed by atoms with van der Waals surface area (Å²) >= 11 is 1.74. The number of ether oxygens (including phenoxy) is 2. The van der Waals surface area contributed by atoms with E-state index in [-0.39, 0.29) is 0 Å². The first-order valence-corrected chi connectivity index (χ1v) is 7.03. The lowest BCUT2D eigenvalue weighted by Gasteiger charge is -2.31. The molecule has 0 saturated carbocycles. The first kappa shape index (κ1) is 13.0. The lowest BCUT2D eigenvalue weighted by atomic mass is 10.0. The second-order valence-corrected chi connectivity index (χ2v) is 5.99. The van der Waals surface area contributed by atoms with Gasteiger partial charge < -0.3 is 15.2 Å². The van der Waals surface area contributed by atoms with Gasteiger partial charge in [-0.3, -0.25) is 0 Å². The van der Waals surface area contributed by atoms with Gasteiger partial charge in [0.25, 0.3) is 0 Å². The van der Waals surface area contributed by atoms with Crippen LogP contribution in [0.4, 0.5) is 0 Å². The first-order valence-electron chi connectivity index (χ1n) is 6.22. The normalized spacial score (nSPS) is 29.5. The van der Waals surface area contributed by atoms with Crippen molar-refractivity contribution in [3.63, 3.8) is 0 Å². The fourth-order valence-corrected chi connectivity index (χ4v) is 3.11. The second-order valence-electron chi connectivity index (χ2n) is 4.73. The standard InChI is InChI=1S/C13H21NO2S/c1-9-5-11(6-10(2)16-9)15-8-13-4-3-12(7-14)17-13/h3-4,9-11H,5-8,14H2,1-2H3. The molecule has 1 fully saturated rings. The van der Waals surface area contributed by atoms with Crippen LogP contribution in [-0.4, -0.2) is 18.3 Å². The molecule has 1 aliphatic heterocycles. The Labute approximate surface area is 107 Å². The molecule has 17 heavy (non-hydrogen) atoms. The molecule has 1 aromatic heterocycles. The van der Waals surface area contributed by atoms with Crippen LogP contribution in [0, 0.1) is 0 Å². The Kier molecular flexibility index (Phi) is 4.56. The minimum absolute atomic E-state index is 0.312. The van der Waals surface area contributed by atoms with E-state index in [1.807, 2.05) is 0 Å². The third-order valence-electron chi connectivity index (χ3n) is 3.03. The van der Waals surface area contributed by atoms with Crippen LogP contribution in [0.25, 0.3) is 0 Å². The van der Waals surface area contributed by atoms with E-state index in [0.717, 1.165) is 12.8 Å². The summed E-state index contributed by atoms with van der Waals surface area (Å²) in [7, 11) is 0. The van der Waals surface area contributed by atoms with Crippen LogP contribution >= 0.6 is 11.3 Å². The minimum atomic E-state index is 0.312. The molecule has 0 aliphatic carbocycles. The highest BCUT2D eigenvalue weighted by atomic mass is 32.1. The highest BCUT2D eigenvalue weighted by Gasteiger charge is 2.24. The predicted octanol–water partition coefficient (Wildman–Crippen LogP) is 2.68.